The summed E-state index contributed by atoms with van der Waals surface area (Å²) < 4.78 is 0. The Labute approximate surface area is 216 Å². The van der Waals surface area contributed by atoms with Crippen molar-refractivity contribution in [3.8, 4) is 0 Å². The third kappa shape index (κ3) is 12.2. The largest absolute Gasteiger partial charge is 0.481 e. The second kappa shape index (κ2) is 16.2. The molecule has 4 unspecified atom stereocenters. The van der Waals surface area contributed by atoms with Gasteiger partial charge in [0.1, 0.15) is 18.1 Å². The summed E-state index contributed by atoms with van der Waals surface area (Å²) in [5, 5.41) is 25.5. The molecule has 0 bridgehead atoms. The molecule has 1 aromatic rings. The lowest BCUT2D eigenvalue weighted by atomic mass is 10.1. The Morgan fingerprint density at radius 2 is 1.51 bits per heavy atom. The highest BCUT2D eigenvalue weighted by Gasteiger charge is 2.30. The Morgan fingerprint density at radius 3 is 2.00 bits per heavy atom. The minimum absolute atomic E-state index is 0.0757. The molecule has 16 heteroatoms. The first-order chi connectivity index (χ1) is 17.4. The van der Waals surface area contributed by atoms with Crippen LogP contribution in [0.5, 0.6) is 0 Å². The van der Waals surface area contributed by atoms with Crippen LogP contribution in [0.1, 0.15) is 37.8 Å². The van der Waals surface area contributed by atoms with Crippen molar-refractivity contribution in [2.75, 3.05) is 12.0 Å². The van der Waals surface area contributed by atoms with Gasteiger partial charge in [-0.15, -0.1) is 0 Å². The van der Waals surface area contributed by atoms with Crippen LogP contribution in [-0.2, 0) is 35.2 Å². The molecule has 4 amide bonds. The molecule has 0 radical (unpaired) electrons. The normalized spacial score (nSPS) is 14.0. The smallest absolute Gasteiger partial charge is 0.326 e. The molecule has 206 valence electrons. The Balaban J connectivity index is 2.99. The number of aliphatic carboxylic acids is 2. The fraction of sp³-hybridized carbons (Fsp3) is 0.571. The van der Waals surface area contributed by atoms with Gasteiger partial charge in [0.15, 0.2) is 0 Å². The average molecular weight is 544 g/mol. The lowest BCUT2D eigenvalue weighted by Crippen LogP contribution is -2.57. The van der Waals surface area contributed by atoms with Gasteiger partial charge in [-0.1, -0.05) is 0 Å². The summed E-state index contributed by atoms with van der Waals surface area (Å²) >= 11 is 1.37. The number of carboxylic acids is 2. The van der Waals surface area contributed by atoms with E-state index < -0.39 is 66.2 Å². The molecular formula is C21H33N7O8S. The standard InChI is InChI=1S/C21H33N7O8S/c1-37-7-6-15(21(35)36)28-20(34)14(3-5-17(30)31)27-19(33)13(2-4-16(23)29)26-18(32)12(22)8-11-9-24-10-25-11/h9-10,12-15H,2-8,22H2,1H3,(H2,23,29)(H,24,25)(H,26,32)(H,27,33)(H,28,34)(H,30,31)(H,35,36). The molecule has 0 saturated heterocycles. The number of H-pyrrole nitrogens is 1. The van der Waals surface area contributed by atoms with Gasteiger partial charge in [-0.2, -0.15) is 11.8 Å². The predicted molar refractivity (Wildman–Crippen MR) is 132 cm³/mol. The van der Waals surface area contributed by atoms with Gasteiger partial charge in [-0.3, -0.25) is 24.0 Å². The van der Waals surface area contributed by atoms with E-state index in [2.05, 4.69) is 25.9 Å². The van der Waals surface area contributed by atoms with Crippen LogP contribution in [-0.4, -0.2) is 91.9 Å². The predicted octanol–water partition coefficient (Wildman–Crippen LogP) is -2.30. The fourth-order valence-corrected chi connectivity index (χ4v) is 3.61. The number of hydrogen-bond acceptors (Lipinski definition) is 9. The van der Waals surface area contributed by atoms with Crippen molar-refractivity contribution in [2.45, 2.75) is 62.7 Å². The van der Waals surface area contributed by atoms with E-state index in [4.69, 9.17) is 16.6 Å². The maximum Gasteiger partial charge on any atom is 0.326 e. The summed E-state index contributed by atoms with van der Waals surface area (Å²) in [5.41, 5.74) is 11.6. The molecule has 0 fully saturated rings. The molecule has 0 aromatic carbocycles. The number of aromatic amines is 1. The number of imidazole rings is 1. The number of carbonyl (C=O) groups excluding carboxylic acids is 4. The number of nitrogens with zero attached hydrogens (tertiary/aromatic N) is 1. The van der Waals surface area contributed by atoms with Crippen molar-refractivity contribution >= 4 is 47.3 Å². The topological polar surface area (TPSA) is 260 Å². The molecule has 15 nitrogen and oxygen atoms in total. The number of hydrogen-bond donors (Lipinski definition) is 8. The van der Waals surface area contributed by atoms with Gasteiger partial charge in [0.2, 0.25) is 23.6 Å². The molecule has 4 atom stereocenters. The zero-order valence-electron chi connectivity index (χ0n) is 20.3. The highest BCUT2D eigenvalue weighted by atomic mass is 32.2. The van der Waals surface area contributed by atoms with Crippen LogP contribution in [0.2, 0.25) is 0 Å². The molecule has 1 aromatic heterocycles. The third-order valence-corrected chi connectivity index (χ3v) is 5.79. The first-order valence-corrected chi connectivity index (χ1v) is 12.7. The number of nitrogens with one attached hydrogen (secondary N) is 4. The first-order valence-electron chi connectivity index (χ1n) is 11.3. The Hall–Kier alpha value is -3.66. The van der Waals surface area contributed by atoms with Crippen molar-refractivity contribution in [3.05, 3.63) is 18.2 Å². The van der Waals surface area contributed by atoms with Crippen molar-refractivity contribution in [1.29, 1.82) is 0 Å². The maximum atomic E-state index is 13.0. The van der Waals surface area contributed by atoms with Crippen LogP contribution in [0.3, 0.4) is 0 Å². The Bertz CT molecular complexity index is 943. The van der Waals surface area contributed by atoms with Crippen molar-refractivity contribution < 1.29 is 39.0 Å². The number of amides is 4. The molecule has 0 aliphatic rings. The lowest BCUT2D eigenvalue weighted by Gasteiger charge is -2.25. The van der Waals surface area contributed by atoms with Gasteiger partial charge in [-0.05, 0) is 31.3 Å². The van der Waals surface area contributed by atoms with Gasteiger partial charge < -0.3 is 42.6 Å². The molecule has 0 spiro atoms. The number of rotatable bonds is 18. The average Bonchev–Trinajstić information content (AvgIpc) is 3.33. The number of carbonyl (C=O) groups is 6. The van der Waals surface area contributed by atoms with Crippen LogP contribution in [0, 0.1) is 0 Å². The van der Waals surface area contributed by atoms with E-state index in [1.165, 1.54) is 24.3 Å². The summed E-state index contributed by atoms with van der Waals surface area (Å²) in [6.45, 7) is 0. The minimum atomic E-state index is -1.42. The van der Waals surface area contributed by atoms with Gasteiger partial charge in [0.05, 0.1) is 12.4 Å². The molecule has 10 N–H and O–H groups in total. The van der Waals surface area contributed by atoms with Crippen LogP contribution < -0.4 is 27.4 Å². The Kier molecular flexibility index (Phi) is 13.7. The minimum Gasteiger partial charge on any atom is -0.481 e. The van der Waals surface area contributed by atoms with Gasteiger partial charge in [-0.25, -0.2) is 9.78 Å². The van der Waals surface area contributed by atoms with Gasteiger partial charge in [0, 0.05) is 31.2 Å². The highest BCUT2D eigenvalue weighted by molar-refractivity contribution is 7.98. The maximum absolute atomic E-state index is 13.0. The van der Waals surface area contributed by atoms with E-state index in [0.717, 1.165) is 0 Å². The van der Waals surface area contributed by atoms with Gasteiger partial charge in [0.25, 0.3) is 0 Å². The summed E-state index contributed by atoms with van der Waals surface area (Å²) in [6, 6.07) is -5.09. The summed E-state index contributed by atoms with van der Waals surface area (Å²) in [6.07, 6.45) is 3.46. The van der Waals surface area contributed by atoms with Crippen molar-refractivity contribution in [1.82, 2.24) is 25.9 Å². The zero-order valence-corrected chi connectivity index (χ0v) is 21.1. The van der Waals surface area contributed by atoms with E-state index >= 15 is 0 Å². The van der Waals surface area contributed by atoms with Crippen LogP contribution in [0.25, 0.3) is 0 Å². The number of nitrogens with two attached hydrogens (primary N) is 2. The number of thioether (sulfide) groups is 1. The number of primary amides is 1. The molecule has 0 aliphatic carbocycles. The summed E-state index contributed by atoms with van der Waals surface area (Å²) in [4.78, 5) is 78.9. The summed E-state index contributed by atoms with van der Waals surface area (Å²) in [7, 11) is 0. The SMILES string of the molecule is CSCCC(NC(=O)C(CCC(=O)O)NC(=O)C(CCC(N)=O)NC(=O)C(N)Cc1cnc[nH]1)C(=O)O. The lowest BCUT2D eigenvalue weighted by molar-refractivity contribution is -0.143. The second-order valence-corrected chi connectivity index (χ2v) is 9.11. The van der Waals surface area contributed by atoms with Crippen LogP contribution in [0.4, 0.5) is 0 Å². The molecule has 0 aliphatic heterocycles. The highest BCUT2D eigenvalue weighted by Crippen LogP contribution is 2.07. The van der Waals surface area contributed by atoms with Gasteiger partial charge >= 0.3 is 11.9 Å². The number of carboxylic acid groups (broad SMARTS) is 2. The van der Waals surface area contributed by atoms with E-state index in [1.807, 2.05) is 0 Å². The van der Waals surface area contributed by atoms with E-state index in [1.54, 1.807) is 6.26 Å². The molecule has 1 heterocycles. The Morgan fingerprint density at radius 1 is 0.946 bits per heavy atom. The fourth-order valence-electron chi connectivity index (χ4n) is 3.13. The summed E-state index contributed by atoms with van der Waals surface area (Å²) in [5.74, 6) is -5.37. The molecular weight excluding hydrogens is 510 g/mol. The van der Waals surface area contributed by atoms with E-state index in [-0.39, 0.29) is 32.1 Å². The van der Waals surface area contributed by atoms with E-state index in [0.29, 0.717) is 11.4 Å². The van der Waals surface area contributed by atoms with Crippen molar-refractivity contribution in [3.63, 3.8) is 0 Å². The third-order valence-electron chi connectivity index (χ3n) is 5.15. The quantitative estimate of drug-likeness (QED) is 0.0976. The monoisotopic (exact) mass is 543 g/mol. The van der Waals surface area contributed by atoms with E-state index in [9.17, 15) is 33.9 Å². The zero-order chi connectivity index (χ0) is 28.0. The first kappa shape index (κ1) is 31.4. The molecule has 0 saturated carbocycles. The number of aromatic nitrogens is 2. The van der Waals surface area contributed by atoms with Crippen LogP contribution >= 0.6 is 11.8 Å². The molecule has 1 rings (SSSR count). The van der Waals surface area contributed by atoms with Crippen LogP contribution in [0.15, 0.2) is 12.5 Å². The second-order valence-electron chi connectivity index (χ2n) is 8.13. The molecule has 37 heavy (non-hydrogen) atoms. The van der Waals surface area contributed by atoms with Crippen molar-refractivity contribution in [2.24, 2.45) is 11.5 Å².